The third-order valence-electron chi connectivity index (χ3n) is 3.89. The summed E-state index contributed by atoms with van der Waals surface area (Å²) >= 11 is 7.09. The van der Waals surface area contributed by atoms with Crippen LogP contribution in [0.15, 0.2) is 54.6 Å². The molecule has 1 heterocycles. The predicted molar refractivity (Wildman–Crippen MR) is 111 cm³/mol. The molecule has 0 unspecified atom stereocenters. The largest absolute Gasteiger partial charge is 0.352 e. The third kappa shape index (κ3) is 6.14. The van der Waals surface area contributed by atoms with E-state index in [4.69, 9.17) is 11.6 Å². The molecule has 8 heteroatoms. The van der Waals surface area contributed by atoms with Crippen LogP contribution in [-0.2, 0) is 17.8 Å². The number of amides is 2. The molecular weight excluding hydrogens is 396 g/mol. The zero-order valence-corrected chi connectivity index (χ0v) is 16.6. The molecule has 3 aromatic rings. The van der Waals surface area contributed by atoms with Crippen LogP contribution >= 0.6 is 22.9 Å². The molecule has 0 bridgehead atoms. The van der Waals surface area contributed by atoms with E-state index in [9.17, 15) is 9.59 Å². The van der Waals surface area contributed by atoms with E-state index in [-0.39, 0.29) is 11.8 Å². The molecule has 2 aromatic carbocycles. The topological polar surface area (TPSA) is 84.0 Å². The van der Waals surface area contributed by atoms with Crippen molar-refractivity contribution in [3.8, 4) is 0 Å². The molecule has 0 atom stereocenters. The van der Waals surface area contributed by atoms with E-state index in [1.807, 2.05) is 42.5 Å². The Bertz CT molecular complexity index is 929. The lowest BCUT2D eigenvalue weighted by molar-refractivity contribution is -0.121. The van der Waals surface area contributed by atoms with E-state index < -0.39 is 0 Å². The van der Waals surface area contributed by atoms with Crippen molar-refractivity contribution < 1.29 is 9.59 Å². The number of nitrogens with one attached hydrogen (secondary N) is 2. The maximum absolute atomic E-state index is 12.2. The fourth-order valence-electron chi connectivity index (χ4n) is 2.44. The van der Waals surface area contributed by atoms with Crippen molar-refractivity contribution in [2.75, 3.05) is 5.32 Å². The first kappa shape index (κ1) is 20.0. The molecule has 6 nitrogen and oxygen atoms in total. The van der Waals surface area contributed by atoms with Gasteiger partial charge in [0.1, 0.15) is 5.01 Å². The van der Waals surface area contributed by atoms with Gasteiger partial charge in [0.25, 0.3) is 5.91 Å². The minimum absolute atomic E-state index is 0.0264. The van der Waals surface area contributed by atoms with Gasteiger partial charge in [0.2, 0.25) is 10.9 Å². The highest BCUT2D eigenvalue weighted by molar-refractivity contribution is 7.13. The van der Waals surface area contributed by atoms with Crippen molar-refractivity contribution in [1.29, 1.82) is 0 Å². The quantitative estimate of drug-likeness (QED) is 0.581. The predicted octanol–water partition coefficient (Wildman–Crippen LogP) is 4.08. The van der Waals surface area contributed by atoms with Gasteiger partial charge in [-0.2, -0.15) is 0 Å². The van der Waals surface area contributed by atoms with Crippen molar-refractivity contribution in [3.05, 3.63) is 75.2 Å². The van der Waals surface area contributed by atoms with Gasteiger partial charge >= 0.3 is 0 Å². The fraction of sp³-hybridized carbons (Fsp3) is 0.200. The zero-order valence-electron chi connectivity index (χ0n) is 15.0. The smallest absolute Gasteiger partial charge is 0.286 e. The Hall–Kier alpha value is -2.77. The lowest BCUT2D eigenvalue weighted by Gasteiger charge is -2.05. The number of nitrogens with zero attached hydrogens (tertiary/aromatic N) is 2. The van der Waals surface area contributed by atoms with Crippen molar-refractivity contribution >= 4 is 40.4 Å². The Morgan fingerprint density at radius 1 is 1.00 bits per heavy atom. The van der Waals surface area contributed by atoms with Crippen LogP contribution in [0.1, 0.15) is 33.2 Å². The molecule has 2 N–H and O–H groups in total. The van der Waals surface area contributed by atoms with Gasteiger partial charge in [0.05, 0.1) is 0 Å². The van der Waals surface area contributed by atoms with E-state index in [1.165, 1.54) is 11.3 Å². The maximum atomic E-state index is 12.2. The van der Waals surface area contributed by atoms with Crippen molar-refractivity contribution in [1.82, 2.24) is 15.5 Å². The molecular formula is C20H19ClN4O2S. The van der Waals surface area contributed by atoms with E-state index in [0.717, 1.165) is 10.6 Å². The Kier molecular flexibility index (Phi) is 7.11. The molecule has 1 aromatic heterocycles. The zero-order chi connectivity index (χ0) is 19.8. The first-order chi connectivity index (χ1) is 13.6. The highest BCUT2D eigenvalue weighted by Gasteiger charge is 2.13. The molecule has 2 amide bonds. The number of carbonyl (C=O) groups is 2. The molecule has 0 fully saturated rings. The molecule has 0 saturated heterocycles. The van der Waals surface area contributed by atoms with Gasteiger partial charge in [-0.1, -0.05) is 53.3 Å². The SMILES string of the molecule is O=C(CCCc1nnc(C(=O)Nc2ccccc2)s1)NCc1ccc(Cl)cc1. The van der Waals surface area contributed by atoms with Gasteiger partial charge < -0.3 is 10.6 Å². The van der Waals surface area contributed by atoms with Crippen molar-refractivity contribution in [2.24, 2.45) is 0 Å². The molecule has 0 saturated carbocycles. The summed E-state index contributed by atoms with van der Waals surface area (Å²) in [6.07, 6.45) is 1.63. The molecule has 0 aliphatic carbocycles. The van der Waals surface area contributed by atoms with Gasteiger partial charge in [-0.05, 0) is 36.2 Å². The highest BCUT2D eigenvalue weighted by atomic mass is 35.5. The Morgan fingerprint density at radius 2 is 1.75 bits per heavy atom. The summed E-state index contributed by atoms with van der Waals surface area (Å²) in [6.45, 7) is 0.471. The minimum atomic E-state index is -0.282. The van der Waals surface area contributed by atoms with Crippen LogP contribution in [0.4, 0.5) is 5.69 Å². The lowest BCUT2D eigenvalue weighted by atomic mass is 10.2. The third-order valence-corrected chi connectivity index (χ3v) is 5.12. The number of hydrogen-bond acceptors (Lipinski definition) is 5. The molecule has 0 aliphatic rings. The van der Waals surface area contributed by atoms with E-state index in [1.54, 1.807) is 12.1 Å². The molecule has 0 radical (unpaired) electrons. The van der Waals surface area contributed by atoms with Crippen LogP contribution in [-0.4, -0.2) is 22.0 Å². The monoisotopic (exact) mass is 414 g/mol. The Balaban J connectivity index is 1.39. The number of carbonyl (C=O) groups excluding carboxylic acids is 2. The van der Waals surface area contributed by atoms with Crippen LogP contribution in [0.3, 0.4) is 0 Å². The summed E-state index contributed by atoms with van der Waals surface area (Å²) in [5, 5.41) is 15.4. The summed E-state index contributed by atoms with van der Waals surface area (Å²) in [5.41, 5.74) is 1.71. The van der Waals surface area contributed by atoms with E-state index in [0.29, 0.717) is 41.5 Å². The van der Waals surface area contributed by atoms with Crippen molar-refractivity contribution in [3.63, 3.8) is 0 Å². The Labute approximate surface area is 172 Å². The van der Waals surface area contributed by atoms with Gasteiger partial charge in [0, 0.05) is 30.1 Å². The van der Waals surface area contributed by atoms with Gasteiger partial charge in [-0.15, -0.1) is 10.2 Å². The molecule has 0 aliphatic heterocycles. The van der Waals surface area contributed by atoms with Crippen molar-refractivity contribution in [2.45, 2.75) is 25.8 Å². The molecule has 0 spiro atoms. The van der Waals surface area contributed by atoms with E-state index >= 15 is 0 Å². The summed E-state index contributed by atoms with van der Waals surface area (Å²) in [4.78, 5) is 24.1. The number of anilines is 1. The highest BCUT2D eigenvalue weighted by Crippen LogP contribution is 2.15. The number of aromatic nitrogens is 2. The second-order valence-electron chi connectivity index (χ2n) is 6.08. The number of halogens is 1. The van der Waals surface area contributed by atoms with Crippen LogP contribution in [0.2, 0.25) is 5.02 Å². The Morgan fingerprint density at radius 3 is 2.50 bits per heavy atom. The lowest BCUT2D eigenvalue weighted by Crippen LogP contribution is -2.22. The number of rotatable bonds is 8. The summed E-state index contributed by atoms with van der Waals surface area (Å²) in [7, 11) is 0. The summed E-state index contributed by atoms with van der Waals surface area (Å²) in [5.74, 6) is -0.308. The maximum Gasteiger partial charge on any atom is 0.286 e. The van der Waals surface area contributed by atoms with Gasteiger partial charge in [-0.25, -0.2) is 0 Å². The van der Waals surface area contributed by atoms with Crippen LogP contribution < -0.4 is 10.6 Å². The molecule has 144 valence electrons. The first-order valence-corrected chi connectivity index (χ1v) is 9.99. The second-order valence-corrected chi connectivity index (χ2v) is 7.58. The number of para-hydroxylation sites is 1. The average molecular weight is 415 g/mol. The number of hydrogen-bond donors (Lipinski definition) is 2. The standard InChI is InChI=1S/C20H19ClN4O2S/c21-15-11-9-14(10-12-15)13-22-17(26)7-4-8-18-24-25-20(28-18)19(27)23-16-5-2-1-3-6-16/h1-3,5-6,9-12H,4,7-8,13H2,(H,22,26)(H,23,27). The first-order valence-electron chi connectivity index (χ1n) is 8.80. The van der Waals surface area contributed by atoms with Crippen LogP contribution in [0.25, 0.3) is 0 Å². The normalized spacial score (nSPS) is 10.5. The summed E-state index contributed by atoms with van der Waals surface area (Å²) in [6, 6.07) is 16.5. The molecule has 3 rings (SSSR count). The second kappa shape index (κ2) is 9.96. The van der Waals surface area contributed by atoms with Gasteiger partial charge in [0.15, 0.2) is 0 Å². The number of aryl methyl sites for hydroxylation is 1. The minimum Gasteiger partial charge on any atom is -0.352 e. The fourth-order valence-corrected chi connectivity index (χ4v) is 3.35. The van der Waals surface area contributed by atoms with E-state index in [2.05, 4.69) is 20.8 Å². The van der Waals surface area contributed by atoms with Crippen LogP contribution in [0, 0.1) is 0 Å². The van der Waals surface area contributed by atoms with Crippen LogP contribution in [0.5, 0.6) is 0 Å². The van der Waals surface area contributed by atoms with Gasteiger partial charge in [-0.3, -0.25) is 9.59 Å². The summed E-state index contributed by atoms with van der Waals surface area (Å²) < 4.78 is 0. The molecule has 28 heavy (non-hydrogen) atoms. The number of benzene rings is 2. The average Bonchev–Trinajstić information content (AvgIpc) is 3.17.